The number of hydrogen-bond donors (Lipinski definition) is 0. The summed E-state index contributed by atoms with van der Waals surface area (Å²) < 4.78 is 4.96. The predicted octanol–water partition coefficient (Wildman–Crippen LogP) is 3.02. The summed E-state index contributed by atoms with van der Waals surface area (Å²) in [5.41, 5.74) is 0.991. The van der Waals surface area contributed by atoms with Crippen LogP contribution in [0.5, 0.6) is 0 Å². The minimum absolute atomic E-state index is 0.991. The maximum atomic E-state index is 4.96. The first-order valence-electron chi connectivity index (χ1n) is 3.40. The maximum Gasteiger partial charge on any atom is 0.0903 e. The Labute approximate surface area is 62.7 Å². The molecule has 0 bridgehead atoms. The third-order valence-electron chi connectivity index (χ3n) is 0.842. The summed E-state index contributed by atoms with van der Waals surface area (Å²) in [6.45, 7) is 7.66. The lowest BCUT2D eigenvalue weighted by Gasteiger charge is -1.87. The van der Waals surface area contributed by atoms with Crippen LogP contribution >= 0.6 is 0 Å². The Morgan fingerprint density at radius 2 is 2.20 bits per heavy atom. The van der Waals surface area contributed by atoms with Crippen molar-refractivity contribution < 1.29 is 4.74 Å². The summed E-state index contributed by atoms with van der Waals surface area (Å²) in [5.74, 6) is 0. The molecule has 0 amide bonds. The minimum Gasteiger partial charge on any atom is -0.473 e. The van der Waals surface area contributed by atoms with E-state index in [4.69, 9.17) is 4.74 Å². The zero-order chi connectivity index (χ0) is 7.82. The summed E-state index contributed by atoms with van der Waals surface area (Å²) in [6.07, 6.45) is 8.05. The second-order valence-electron chi connectivity index (χ2n) is 2.07. The molecule has 0 rings (SSSR count). The lowest BCUT2D eigenvalue weighted by molar-refractivity contribution is 0.401. The van der Waals surface area contributed by atoms with E-state index in [1.165, 1.54) is 0 Å². The molecule has 0 saturated heterocycles. The first-order valence-corrected chi connectivity index (χ1v) is 3.40. The van der Waals surface area contributed by atoms with Crippen molar-refractivity contribution >= 4 is 0 Å². The van der Waals surface area contributed by atoms with Crippen LogP contribution in [-0.4, -0.2) is 0 Å². The van der Waals surface area contributed by atoms with Crippen molar-refractivity contribution in [1.82, 2.24) is 0 Å². The number of allylic oxidation sites excluding steroid dienone is 3. The molecule has 0 aromatic rings. The van der Waals surface area contributed by atoms with Crippen molar-refractivity contribution in [1.29, 1.82) is 0 Å². The Morgan fingerprint density at radius 3 is 2.70 bits per heavy atom. The molecule has 0 aliphatic heterocycles. The molecule has 0 saturated carbocycles. The van der Waals surface area contributed by atoms with Crippen LogP contribution in [0.2, 0.25) is 0 Å². The Hall–Kier alpha value is -0.980. The van der Waals surface area contributed by atoms with Gasteiger partial charge in [0.1, 0.15) is 0 Å². The molecule has 10 heavy (non-hydrogen) atoms. The van der Waals surface area contributed by atoms with Crippen LogP contribution in [0.3, 0.4) is 0 Å². The molecule has 56 valence electrons. The highest BCUT2D eigenvalue weighted by atomic mass is 16.5. The van der Waals surface area contributed by atoms with Gasteiger partial charge in [0.05, 0.1) is 12.5 Å². The van der Waals surface area contributed by atoms with Crippen molar-refractivity contribution in [3.63, 3.8) is 0 Å². The van der Waals surface area contributed by atoms with Gasteiger partial charge < -0.3 is 4.74 Å². The van der Waals surface area contributed by atoms with Crippen molar-refractivity contribution in [2.45, 2.75) is 20.3 Å². The number of rotatable bonds is 4. The fourth-order valence-corrected chi connectivity index (χ4v) is 0.353. The Bertz CT molecular complexity index is 143. The van der Waals surface area contributed by atoms with Crippen molar-refractivity contribution in [3.05, 3.63) is 36.8 Å². The Morgan fingerprint density at radius 1 is 1.50 bits per heavy atom. The highest BCUT2D eigenvalue weighted by Gasteiger charge is 1.71. The van der Waals surface area contributed by atoms with Gasteiger partial charge in [0.15, 0.2) is 0 Å². The lowest BCUT2D eigenvalue weighted by Crippen LogP contribution is -1.66. The highest BCUT2D eigenvalue weighted by molar-refractivity contribution is 5.08. The average molecular weight is 138 g/mol. The number of hydrogen-bond acceptors (Lipinski definition) is 1. The van der Waals surface area contributed by atoms with Crippen LogP contribution in [0.1, 0.15) is 20.3 Å². The minimum atomic E-state index is 0.991. The average Bonchev–Trinajstić information content (AvgIpc) is 1.87. The van der Waals surface area contributed by atoms with Gasteiger partial charge in [-0.15, -0.1) is 0 Å². The van der Waals surface area contributed by atoms with Gasteiger partial charge in [0.2, 0.25) is 0 Å². The Kier molecular flexibility index (Phi) is 5.54. The van der Waals surface area contributed by atoms with Crippen LogP contribution in [-0.2, 0) is 4.74 Å². The van der Waals surface area contributed by atoms with Gasteiger partial charge in [-0.05, 0) is 25.5 Å². The van der Waals surface area contributed by atoms with E-state index >= 15 is 0 Å². The maximum absolute atomic E-state index is 4.96. The molecule has 0 aliphatic rings. The van der Waals surface area contributed by atoms with E-state index in [-0.39, 0.29) is 0 Å². The van der Waals surface area contributed by atoms with Crippen LogP contribution in [0.15, 0.2) is 36.8 Å². The van der Waals surface area contributed by atoms with Crippen LogP contribution in [0, 0.1) is 0 Å². The zero-order valence-electron chi connectivity index (χ0n) is 6.63. The van der Waals surface area contributed by atoms with Gasteiger partial charge in [-0.3, -0.25) is 0 Å². The van der Waals surface area contributed by atoms with Gasteiger partial charge in [0, 0.05) is 0 Å². The second kappa shape index (κ2) is 6.14. The first kappa shape index (κ1) is 9.02. The van der Waals surface area contributed by atoms with E-state index in [1.807, 2.05) is 19.1 Å². The third kappa shape index (κ3) is 7.02. The quantitative estimate of drug-likeness (QED) is 0.428. The third-order valence-corrected chi connectivity index (χ3v) is 0.842. The molecule has 0 aromatic heterocycles. The van der Waals surface area contributed by atoms with Crippen LogP contribution in [0.25, 0.3) is 0 Å². The molecule has 0 spiro atoms. The normalized spacial score (nSPS) is 11.0. The smallest absolute Gasteiger partial charge is 0.0903 e. The highest BCUT2D eigenvalue weighted by Crippen LogP contribution is 1.90. The van der Waals surface area contributed by atoms with Crippen molar-refractivity contribution in [3.8, 4) is 0 Å². The molecule has 0 heterocycles. The molecule has 0 N–H and O–H groups in total. The first-order chi connectivity index (χ1) is 4.77. The molecule has 0 radical (unpaired) electrons. The van der Waals surface area contributed by atoms with Gasteiger partial charge in [-0.25, -0.2) is 0 Å². The second-order valence-corrected chi connectivity index (χ2v) is 2.07. The number of ether oxygens (including phenoxy) is 1. The van der Waals surface area contributed by atoms with E-state index < -0.39 is 0 Å². The molecule has 0 fully saturated rings. The Balaban J connectivity index is 3.35. The molecule has 0 unspecified atom stereocenters. The van der Waals surface area contributed by atoms with Crippen LogP contribution in [0.4, 0.5) is 0 Å². The van der Waals surface area contributed by atoms with Gasteiger partial charge >= 0.3 is 0 Å². The van der Waals surface area contributed by atoms with E-state index in [0.29, 0.717) is 0 Å². The summed E-state index contributed by atoms with van der Waals surface area (Å²) in [6, 6.07) is 0. The van der Waals surface area contributed by atoms with E-state index in [1.54, 1.807) is 12.5 Å². The topological polar surface area (TPSA) is 9.23 Å². The fraction of sp³-hybridized carbons (Fsp3) is 0.333. The van der Waals surface area contributed by atoms with Gasteiger partial charge in [-0.1, -0.05) is 19.1 Å². The van der Waals surface area contributed by atoms with Crippen LogP contribution < -0.4 is 0 Å². The lowest BCUT2D eigenvalue weighted by atomic mass is 10.3. The SMILES string of the molecule is C=C(C)C=COC=CCC. The monoisotopic (exact) mass is 138 g/mol. The van der Waals surface area contributed by atoms with E-state index in [2.05, 4.69) is 13.5 Å². The summed E-state index contributed by atoms with van der Waals surface area (Å²) in [7, 11) is 0. The molecule has 1 nitrogen and oxygen atoms in total. The molecule has 1 heteroatoms. The van der Waals surface area contributed by atoms with E-state index in [9.17, 15) is 0 Å². The summed E-state index contributed by atoms with van der Waals surface area (Å²) >= 11 is 0. The predicted molar refractivity (Wildman–Crippen MR) is 44.5 cm³/mol. The molecular formula is C9H14O. The van der Waals surface area contributed by atoms with E-state index in [0.717, 1.165) is 12.0 Å². The molecule has 0 aromatic carbocycles. The van der Waals surface area contributed by atoms with Gasteiger partial charge in [-0.2, -0.15) is 0 Å². The summed E-state index contributed by atoms with van der Waals surface area (Å²) in [4.78, 5) is 0. The molecule has 0 atom stereocenters. The fourth-order valence-electron chi connectivity index (χ4n) is 0.353. The van der Waals surface area contributed by atoms with Crippen molar-refractivity contribution in [2.24, 2.45) is 0 Å². The standard InChI is InChI=1S/C9H14O/c1-4-5-7-10-8-6-9(2)3/h5-8H,2,4H2,1,3H3. The van der Waals surface area contributed by atoms with Crippen molar-refractivity contribution in [2.75, 3.05) is 0 Å². The molecular weight excluding hydrogens is 124 g/mol. The molecule has 0 aliphatic carbocycles. The summed E-state index contributed by atoms with van der Waals surface area (Å²) in [5, 5.41) is 0. The van der Waals surface area contributed by atoms with Gasteiger partial charge in [0.25, 0.3) is 0 Å². The largest absolute Gasteiger partial charge is 0.473 e. The zero-order valence-corrected chi connectivity index (χ0v) is 6.63.